The molecule has 1 amide bonds. The van der Waals surface area contributed by atoms with Gasteiger partial charge in [-0.2, -0.15) is 0 Å². The van der Waals surface area contributed by atoms with E-state index in [9.17, 15) is 4.79 Å². The van der Waals surface area contributed by atoms with Gasteiger partial charge in [0, 0.05) is 18.3 Å². The molecular weight excluding hydrogens is 344 g/mol. The molecule has 0 aliphatic carbocycles. The minimum Gasteiger partial charge on any atom is -0.325 e. The first kappa shape index (κ1) is 18.2. The van der Waals surface area contributed by atoms with Crippen molar-refractivity contribution in [1.29, 1.82) is 0 Å². The summed E-state index contributed by atoms with van der Waals surface area (Å²) in [6, 6.07) is 14.0. The topological polar surface area (TPSA) is 59.8 Å². The van der Waals surface area contributed by atoms with Crippen LogP contribution in [0.2, 0.25) is 0 Å². The van der Waals surface area contributed by atoms with Gasteiger partial charge in [0.05, 0.1) is 5.75 Å². The van der Waals surface area contributed by atoms with Crippen molar-refractivity contribution in [2.45, 2.75) is 25.9 Å². The second-order valence-corrected chi connectivity index (χ2v) is 7.21. The number of thioether (sulfide) groups is 1. The Kier molecular flexibility index (Phi) is 5.42. The summed E-state index contributed by atoms with van der Waals surface area (Å²) < 4.78 is 1.93. The monoisotopic (exact) mass is 366 g/mol. The summed E-state index contributed by atoms with van der Waals surface area (Å²) in [7, 11) is 1.92. The third-order valence-electron chi connectivity index (χ3n) is 4.43. The predicted octanol–water partition coefficient (Wildman–Crippen LogP) is 4.14. The van der Waals surface area contributed by atoms with Crippen molar-refractivity contribution in [1.82, 2.24) is 14.8 Å². The van der Waals surface area contributed by atoms with Gasteiger partial charge in [0.1, 0.15) is 0 Å². The summed E-state index contributed by atoms with van der Waals surface area (Å²) in [5.74, 6) is 1.04. The molecule has 0 saturated carbocycles. The second kappa shape index (κ2) is 7.74. The SMILES string of the molecule is Cc1ccccc1-c1nnc(SCC(=O)Nc2cccc(C)c2C)n1C. The number of nitrogens with zero attached hydrogens (tertiary/aromatic N) is 3. The van der Waals surface area contributed by atoms with E-state index in [1.165, 1.54) is 11.8 Å². The van der Waals surface area contributed by atoms with Gasteiger partial charge < -0.3 is 9.88 Å². The minimum atomic E-state index is -0.0517. The molecule has 134 valence electrons. The lowest BCUT2D eigenvalue weighted by Gasteiger charge is -2.10. The molecule has 3 aromatic rings. The van der Waals surface area contributed by atoms with E-state index in [1.807, 2.05) is 61.9 Å². The molecule has 5 nitrogen and oxygen atoms in total. The van der Waals surface area contributed by atoms with Crippen LogP contribution >= 0.6 is 11.8 Å². The Labute approximate surface area is 157 Å². The molecule has 0 bridgehead atoms. The van der Waals surface area contributed by atoms with E-state index in [0.717, 1.165) is 38.9 Å². The Morgan fingerprint density at radius 3 is 2.54 bits per heavy atom. The minimum absolute atomic E-state index is 0.0517. The molecule has 0 aliphatic rings. The molecule has 3 rings (SSSR count). The van der Waals surface area contributed by atoms with Crippen LogP contribution in [0.1, 0.15) is 16.7 Å². The largest absolute Gasteiger partial charge is 0.325 e. The Morgan fingerprint density at radius 1 is 1.04 bits per heavy atom. The zero-order valence-corrected chi connectivity index (χ0v) is 16.2. The van der Waals surface area contributed by atoms with E-state index in [-0.39, 0.29) is 11.7 Å². The highest BCUT2D eigenvalue weighted by Gasteiger charge is 2.14. The average molecular weight is 366 g/mol. The van der Waals surface area contributed by atoms with Crippen LogP contribution in [0.25, 0.3) is 11.4 Å². The fraction of sp³-hybridized carbons (Fsp3) is 0.250. The fourth-order valence-corrected chi connectivity index (χ4v) is 3.41. The van der Waals surface area contributed by atoms with Crippen LogP contribution in [0.15, 0.2) is 47.6 Å². The summed E-state index contributed by atoms with van der Waals surface area (Å²) in [4.78, 5) is 12.3. The number of benzene rings is 2. The lowest BCUT2D eigenvalue weighted by Crippen LogP contribution is -2.15. The number of aromatic nitrogens is 3. The first-order valence-electron chi connectivity index (χ1n) is 8.41. The Balaban J connectivity index is 1.68. The van der Waals surface area contributed by atoms with Crippen LogP contribution in [0.3, 0.4) is 0 Å². The lowest BCUT2D eigenvalue weighted by molar-refractivity contribution is -0.113. The summed E-state index contributed by atoms with van der Waals surface area (Å²) >= 11 is 1.38. The van der Waals surface area contributed by atoms with Gasteiger partial charge in [0.25, 0.3) is 0 Å². The zero-order valence-electron chi connectivity index (χ0n) is 15.4. The average Bonchev–Trinajstić information content (AvgIpc) is 2.98. The Bertz CT molecular complexity index is 949. The summed E-state index contributed by atoms with van der Waals surface area (Å²) in [6.45, 7) is 6.09. The third-order valence-corrected chi connectivity index (χ3v) is 5.45. The molecule has 0 saturated heterocycles. The lowest BCUT2D eigenvalue weighted by atomic mass is 10.1. The van der Waals surface area contributed by atoms with Gasteiger partial charge >= 0.3 is 0 Å². The van der Waals surface area contributed by atoms with Crippen molar-refractivity contribution >= 4 is 23.4 Å². The number of nitrogens with one attached hydrogen (secondary N) is 1. The van der Waals surface area contributed by atoms with Crippen LogP contribution in [0.5, 0.6) is 0 Å². The van der Waals surface area contributed by atoms with Crippen LogP contribution in [0, 0.1) is 20.8 Å². The number of hydrogen-bond acceptors (Lipinski definition) is 4. The molecular formula is C20H22N4OS. The molecule has 0 spiro atoms. The van der Waals surface area contributed by atoms with E-state index < -0.39 is 0 Å². The van der Waals surface area contributed by atoms with Crippen LogP contribution in [0.4, 0.5) is 5.69 Å². The molecule has 0 aliphatic heterocycles. The summed E-state index contributed by atoms with van der Waals surface area (Å²) in [5.41, 5.74) is 5.30. The number of hydrogen-bond donors (Lipinski definition) is 1. The molecule has 0 fully saturated rings. The van der Waals surface area contributed by atoms with Crippen LogP contribution < -0.4 is 5.32 Å². The van der Waals surface area contributed by atoms with Gasteiger partial charge in [0.15, 0.2) is 11.0 Å². The smallest absolute Gasteiger partial charge is 0.234 e. The van der Waals surface area contributed by atoms with Crippen molar-refractivity contribution in [3.8, 4) is 11.4 Å². The molecule has 6 heteroatoms. The summed E-state index contributed by atoms with van der Waals surface area (Å²) in [6.07, 6.45) is 0. The molecule has 0 atom stereocenters. The molecule has 26 heavy (non-hydrogen) atoms. The normalized spacial score (nSPS) is 10.8. The predicted molar refractivity (Wildman–Crippen MR) is 106 cm³/mol. The van der Waals surface area contributed by atoms with E-state index in [2.05, 4.69) is 28.5 Å². The van der Waals surface area contributed by atoms with Gasteiger partial charge in [-0.25, -0.2) is 0 Å². The second-order valence-electron chi connectivity index (χ2n) is 6.26. The standard InChI is InChI=1S/C20H22N4OS/c1-13-9-7-11-17(15(13)3)21-18(25)12-26-20-23-22-19(24(20)4)16-10-6-5-8-14(16)2/h5-11H,12H2,1-4H3,(H,21,25). The molecule has 1 aromatic heterocycles. The molecule has 2 aromatic carbocycles. The molecule has 1 N–H and O–H groups in total. The maximum absolute atomic E-state index is 12.3. The van der Waals surface area contributed by atoms with Gasteiger partial charge in [-0.3, -0.25) is 4.79 Å². The van der Waals surface area contributed by atoms with E-state index in [4.69, 9.17) is 0 Å². The van der Waals surface area contributed by atoms with Crippen molar-refractivity contribution in [3.63, 3.8) is 0 Å². The highest BCUT2D eigenvalue weighted by atomic mass is 32.2. The van der Waals surface area contributed by atoms with Crippen molar-refractivity contribution in [2.75, 3.05) is 11.1 Å². The van der Waals surface area contributed by atoms with Crippen LogP contribution in [-0.2, 0) is 11.8 Å². The Hall–Kier alpha value is -2.60. The molecule has 1 heterocycles. The molecule has 0 unspecified atom stereocenters. The maximum atomic E-state index is 12.3. The number of anilines is 1. The first-order valence-corrected chi connectivity index (χ1v) is 9.40. The number of aryl methyl sites for hydroxylation is 2. The third kappa shape index (κ3) is 3.80. The summed E-state index contributed by atoms with van der Waals surface area (Å²) in [5, 5.41) is 12.2. The van der Waals surface area contributed by atoms with Crippen molar-refractivity contribution in [3.05, 3.63) is 59.2 Å². The quantitative estimate of drug-likeness (QED) is 0.690. The first-order chi connectivity index (χ1) is 12.5. The fourth-order valence-electron chi connectivity index (χ4n) is 2.70. The molecule has 0 radical (unpaired) electrons. The van der Waals surface area contributed by atoms with Gasteiger partial charge in [-0.05, 0) is 43.5 Å². The van der Waals surface area contributed by atoms with E-state index in [0.29, 0.717) is 0 Å². The number of carbonyl (C=O) groups excluding carboxylic acids is 1. The van der Waals surface area contributed by atoms with Gasteiger partial charge in [-0.15, -0.1) is 10.2 Å². The van der Waals surface area contributed by atoms with Crippen molar-refractivity contribution in [2.24, 2.45) is 7.05 Å². The Morgan fingerprint density at radius 2 is 1.77 bits per heavy atom. The number of rotatable bonds is 5. The maximum Gasteiger partial charge on any atom is 0.234 e. The van der Waals surface area contributed by atoms with E-state index in [1.54, 1.807) is 0 Å². The zero-order chi connectivity index (χ0) is 18.7. The number of carbonyl (C=O) groups is 1. The van der Waals surface area contributed by atoms with Crippen LogP contribution in [-0.4, -0.2) is 26.4 Å². The van der Waals surface area contributed by atoms with Crippen molar-refractivity contribution < 1.29 is 4.79 Å². The van der Waals surface area contributed by atoms with Gasteiger partial charge in [-0.1, -0.05) is 48.2 Å². The van der Waals surface area contributed by atoms with Gasteiger partial charge in [0.2, 0.25) is 5.91 Å². The highest BCUT2D eigenvalue weighted by molar-refractivity contribution is 7.99. The highest BCUT2D eigenvalue weighted by Crippen LogP contribution is 2.25. The van der Waals surface area contributed by atoms with E-state index >= 15 is 0 Å². The number of amides is 1.